The van der Waals surface area contributed by atoms with Crippen LogP contribution in [0.3, 0.4) is 0 Å². The maximum absolute atomic E-state index is 12.7. The van der Waals surface area contributed by atoms with Gasteiger partial charge in [-0.05, 0) is 42.3 Å². The molecule has 0 spiro atoms. The molecule has 6 nitrogen and oxygen atoms in total. The number of alkyl halides is 3. The van der Waals surface area contributed by atoms with Crippen LogP contribution in [0.15, 0.2) is 16.7 Å². The predicted octanol–water partition coefficient (Wildman–Crippen LogP) is 3.32. The van der Waals surface area contributed by atoms with Gasteiger partial charge in [-0.1, -0.05) is 6.92 Å². The number of aromatic nitrogens is 4. The average Bonchev–Trinajstić information content (AvgIpc) is 3.06. The molecule has 0 fully saturated rings. The second-order valence-electron chi connectivity index (χ2n) is 6.22. The third-order valence-electron chi connectivity index (χ3n) is 3.92. The minimum absolute atomic E-state index is 0.0963. The van der Waals surface area contributed by atoms with Crippen molar-refractivity contribution in [1.82, 2.24) is 24.9 Å². The first kappa shape index (κ1) is 20.5. The van der Waals surface area contributed by atoms with E-state index in [1.165, 1.54) is 11.6 Å². The molecule has 0 aliphatic heterocycles. The molecule has 2 heterocycles. The Balaban J connectivity index is 1.79. The molecule has 1 atom stereocenters. The largest absolute Gasteiger partial charge is 0.435 e. The van der Waals surface area contributed by atoms with Gasteiger partial charge in [0.05, 0.1) is 22.6 Å². The molecule has 0 radical (unpaired) electrons. The third-order valence-corrected chi connectivity index (χ3v) is 4.69. The molecule has 10 heteroatoms. The van der Waals surface area contributed by atoms with Gasteiger partial charge < -0.3 is 5.32 Å². The number of amides is 1. The van der Waals surface area contributed by atoms with Crippen LogP contribution in [0.25, 0.3) is 0 Å². The molecule has 0 aliphatic rings. The fraction of sp³-hybridized carbons (Fsp3) is 0.562. The van der Waals surface area contributed by atoms with E-state index in [0.717, 1.165) is 16.2 Å². The van der Waals surface area contributed by atoms with E-state index < -0.39 is 17.8 Å². The molecule has 0 saturated carbocycles. The average molecular weight is 436 g/mol. The van der Waals surface area contributed by atoms with Crippen molar-refractivity contribution in [2.24, 2.45) is 5.92 Å². The van der Waals surface area contributed by atoms with Crippen LogP contribution < -0.4 is 5.32 Å². The summed E-state index contributed by atoms with van der Waals surface area (Å²) < 4.78 is 42.0. The highest BCUT2D eigenvalue weighted by molar-refractivity contribution is 9.10. The number of aryl methyl sites for hydroxylation is 3. The summed E-state index contributed by atoms with van der Waals surface area (Å²) in [6.45, 7) is 6.32. The fourth-order valence-corrected chi connectivity index (χ4v) is 2.73. The van der Waals surface area contributed by atoms with E-state index in [-0.39, 0.29) is 12.5 Å². The molecular formula is C16H21BrF3N5O. The number of halogens is 4. The summed E-state index contributed by atoms with van der Waals surface area (Å²) in [7, 11) is 0. The normalized spacial score (nSPS) is 13.0. The van der Waals surface area contributed by atoms with Crippen molar-refractivity contribution in [3.63, 3.8) is 0 Å². The fourth-order valence-electron chi connectivity index (χ4n) is 2.41. The van der Waals surface area contributed by atoms with Crippen molar-refractivity contribution >= 4 is 21.8 Å². The standard InChI is InChI=1S/C16H21BrF3N5O/c1-10(8-25-11(2)7-14(23-25)16(18,19)20)15(26)21-5-4-6-24-9-13(17)12(3)22-24/h7,9-10H,4-6,8H2,1-3H3,(H,21,26). The zero-order valence-corrected chi connectivity index (χ0v) is 16.4. The van der Waals surface area contributed by atoms with E-state index in [1.807, 2.05) is 13.1 Å². The lowest BCUT2D eigenvalue weighted by atomic mass is 10.1. The zero-order chi connectivity index (χ0) is 19.5. The second kappa shape index (κ2) is 8.24. The highest BCUT2D eigenvalue weighted by atomic mass is 79.9. The van der Waals surface area contributed by atoms with Gasteiger partial charge in [-0.15, -0.1) is 0 Å². The lowest BCUT2D eigenvalue weighted by Gasteiger charge is -2.13. The van der Waals surface area contributed by atoms with Crippen molar-refractivity contribution in [1.29, 1.82) is 0 Å². The third kappa shape index (κ3) is 5.33. The molecule has 0 aliphatic carbocycles. The highest BCUT2D eigenvalue weighted by Crippen LogP contribution is 2.28. The number of hydrogen-bond donors (Lipinski definition) is 1. The van der Waals surface area contributed by atoms with E-state index in [0.29, 0.717) is 25.2 Å². The quantitative estimate of drug-likeness (QED) is 0.678. The second-order valence-corrected chi connectivity index (χ2v) is 7.08. The Kier molecular flexibility index (Phi) is 6.48. The van der Waals surface area contributed by atoms with Crippen molar-refractivity contribution in [3.8, 4) is 0 Å². The van der Waals surface area contributed by atoms with E-state index in [9.17, 15) is 18.0 Å². The number of carbonyl (C=O) groups excluding carboxylic acids is 1. The number of rotatable bonds is 7. The van der Waals surface area contributed by atoms with Gasteiger partial charge in [-0.3, -0.25) is 14.2 Å². The van der Waals surface area contributed by atoms with Crippen LogP contribution in [-0.2, 0) is 24.1 Å². The van der Waals surface area contributed by atoms with Gasteiger partial charge in [0.15, 0.2) is 5.69 Å². The summed E-state index contributed by atoms with van der Waals surface area (Å²) in [6, 6.07) is 0.981. The summed E-state index contributed by atoms with van der Waals surface area (Å²) >= 11 is 3.39. The smallest absolute Gasteiger partial charge is 0.356 e. The van der Waals surface area contributed by atoms with E-state index in [4.69, 9.17) is 0 Å². The number of nitrogens with one attached hydrogen (secondary N) is 1. The van der Waals surface area contributed by atoms with Crippen LogP contribution in [0, 0.1) is 19.8 Å². The number of carbonyl (C=O) groups is 1. The first-order chi connectivity index (χ1) is 12.1. The van der Waals surface area contributed by atoms with Gasteiger partial charge in [-0.2, -0.15) is 23.4 Å². The van der Waals surface area contributed by atoms with Crippen molar-refractivity contribution in [3.05, 3.63) is 33.8 Å². The minimum Gasteiger partial charge on any atom is -0.356 e. The Bertz CT molecular complexity index is 749. The summed E-state index contributed by atoms with van der Waals surface area (Å²) in [5, 5.41) is 10.6. The Morgan fingerprint density at radius 1 is 1.35 bits per heavy atom. The zero-order valence-electron chi connectivity index (χ0n) is 14.8. The first-order valence-electron chi connectivity index (χ1n) is 8.17. The number of nitrogens with zero attached hydrogens (tertiary/aromatic N) is 4. The van der Waals surface area contributed by atoms with Gasteiger partial charge in [0.25, 0.3) is 0 Å². The van der Waals surface area contributed by atoms with Gasteiger partial charge in [0.2, 0.25) is 5.91 Å². The first-order valence-corrected chi connectivity index (χ1v) is 8.96. The molecule has 1 amide bonds. The summed E-state index contributed by atoms with van der Waals surface area (Å²) in [6.07, 6.45) is -1.91. The van der Waals surface area contributed by atoms with Gasteiger partial charge in [-0.25, -0.2) is 0 Å². The van der Waals surface area contributed by atoms with Gasteiger partial charge in [0, 0.05) is 25.0 Å². The monoisotopic (exact) mass is 435 g/mol. The van der Waals surface area contributed by atoms with Crippen molar-refractivity contribution in [2.45, 2.75) is 46.5 Å². The van der Waals surface area contributed by atoms with Crippen molar-refractivity contribution < 1.29 is 18.0 Å². The van der Waals surface area contributed by atoms with Crippen LogP contribution in [0.1, 0.15) is 30.4 Å². The molecule has 2 aromatic rings. The molecule has 0 saturated heterocycles. The molecule has 1 N–H and O–H groups in total. The molecule has 1 unspecified atom stereocenters. The maximum Gasteiger partial charge on any atom is 0.435 e. The molecule has 2 aromatic heterocycles. The summed E-state index contributed by atoms with van der Waals surface area (Å²) in [5.41, 5.74) is 0.329. The Hall–Kier alpha value is -1.84. The molecule has 26 heavy (non-hydrogen) atoms. The molecule has 2 rings (SSSR count). The highest BCUT2D eigenvalue weighted by Gasteiger charge is 2.34. The van der Waals surface area contributed by atoms with Crippen LogP contribution in [0.4, 0.5) is 13.2 Å². The summed E-state index contributed by atoms with van der Waals surface area (Å²) in [4.78, 5) is 12.1. The Morgan fingerprint density at radius 2 is 2.04 bits per heavy atom. The maximum atomic E-state index is 12.7. The van der Waals surface area contributed by atoms with Crippen LogP contribution in [0.2, 0.25) is 0 Å². The number of hydrogen-bond acceptors (Lipinski definition) is 3. The van der Waals surface area contributed by atoms with Crippen molar-refractivity contribution in [2.75, 3.05) is 6.54 Å². The predicted molar refractivity (Wildman–Crippen MR) is 93.4 cm³/mol. The van der Waals surface area contributed by atoms with Gasteiger partial charge >= 0.3 is 6.18 Å². The van der Waals surface area contributed by atoms with Crippen LogP contribution in [0.5, 0.6) is 0 Å². The topological polar surface area (TPSA) is 64.7 Å². The van der Waals surface area contributed by atoms with Crippen LogP contribution in [-0.4, -0.2) is 32.0 Å². The van der Waals surface area contributed by atoms with E-state index in [2.05, 4.69) is 31.4 Å². The molecule has 144 valence electrons. The van der Waals surface area contributed by atoms with Crippen LogP contribution >= 0.6 is 15.9 Å². The molecule has 0 aromatic carbocycles. The van der Waals surface area contributed by atoms with Gasteiger partial charge in [0.1, 0.15) is 0 Å². The van der Waals surface area contributed by atoms with E-state index >= 15 is 0 Å². The lowest BCUT2D eigenvalue weighted by Crippen LogP contribution is -2.33. The molecular weight excluding hydrogens is 415 g/mol. The Labute approximate surface area is 157 Å². The van der Waals surface area contributed by atoms with E-state index in [1.54, 1.807) is 11.6 Å². The Morgan fingerprint density at radius 3 is 2.58 bits per heavy atom. The minimum atomic E-state index is -4.48. The molecule has 0 bridgehead atoms. The SMILES string of the molecule is Cc1nn(CCCNC(=O)C(C)Cn2nc(C(F)(F)F)cc2C)cc1Br. The lowest BCUT2D eigenvalue weighted by molar-refractivity contribution is -0.141. The summed E-state index contributed by atoms with van der Waals surface area (Å²) in [5.74, 6) is -0.706.